The predicted molar refractivity (Wildman–Crippen MR) is 79.5 cm³/mol. The third-order valence-corrected chi connectivity index (χ3v) is 3.41. The second-order valence-corrected chi connectivity index (χ2v) is 5.54. The molecule has 1 unspecified atom stereocenters. The Kier molecular flexibility index (Phi) is 4.98. The lowest BCUT2D eigenvalue weighted by Gasteiger charge is -2.33. The molecule has 116 valence electrons. The Morgan fingerprint density at radius 3 is 2.81 bits per heavy atom. The van der Waals surface area contributed by atoms with E-state index in [1.54, 1.807) is 6.07 Å². The molecule has 1 saturated heterocycles. The van der Waals surface area contributed by atoms with Crippen molar-refractivity contribution in [1.82, 2.24) is 9.97 Å². The van der Waals surface area contributed by atoms with Gasteiger partial charge in [0, 0.05) is 18.3 Å². The topological polar surface area (TPSA) is 64.5 Å². The van der Waals surface area contributed by atoms with Crippen LogP contribution in [0.15, 0.2) is 6.07 Å². The van der Waals surface area contributed by atoms with Crippen LogP contribution in [0.2, 0.25) is 0 Å². The van der Waals surface area contributed by atoms with Gasteiger partial charge in [-0.2, -0.15) is 4.98 Å². The maximum Gasteiger partial charge on any atom is 0.328 e. The van der Waals surface area contributed by atoms with E-state index in [4.69, 9.17) is 9.47 Å². The van der Waals surface area contributed by atoms with Crippen LogP contribution in [-0.4, -0.2) is 41.7 Å². The number of carbonyl (C=O) groups excluding carboxylic acids is 1. The number of carbonyl (C=O) groups is 1. The molecule has 1 aromatic rings. The van der Waals surface area contributed by atoms with Crippen molar-refractivity contribution < 1.29 is 14.3 Å². The van der Waals surface area contributed by atoms with E-state index in [0.717, 1.165) is 31.5 Å². The fourth-order valence-electron chi connectivity index (χ4n) is 2.51. The Hall–Kier alpha value is -1.85. The molecule has 1 aromatic heterocycles. The number of piperidine rings is 1. The molecular formula is C15H23N3O3. The van der Waals surface area contributed by atoms with Crippen molar-refractivity contribution >= 4 is 11.9 Å². The molecule has 0 aromatic carbocycles. The van der Waals surface area contributed by atoms with Gasteiger partial charge >= 0.3 is 5.97 Å². The summed E-state index contributed by atoms with van der Waals surface area (Å²) >= 11 is 0. The molecule has 0 bridgehead atoms. The molecule has 0 amide bonds. The van der Waals surface area contributed by atoms with E-state index < -0.39 is 0 Å². The zero-order valence-corrected chi connectivity index (χ0v) is 13.1. The van der Waals surface area contributed by atoms with Gasteiger partial charge in [0.2, 0.25) is 11.8 Å². The van der Waals surface area contributed by atoms with Crippen molar-refractivity contribution in [3.8, 4) is 5.88 Å². The highest BCUT2D eigenvalue weighted by Crippen LogP contribution is 2.25. The lowest BCUT2D eigenvalue weighted by Crippen LogP contribution is -2.46. The summed E-state index contributed by atoms with van der Waals surface area (Å²) in [7, 11) is 1.42. The fraction of sp³-hybridized carbons (Fsp3) is 0.667. The van der Waals surface area contributed by atoms with E-state index >= 15 is 0 Å². The average Bonchev–Trinajstić information content (AvgIpc) is 2.45. The Morgan fingerprint density at radius 2 is 2.14 bits per heavy atom. The van der Waals surface area contributed by atoms with E-state index in [1.165, 1.54) is 7.11 Å². The first-order valence-corrected chi connectivity index (χ1v) is 7.38. The highest BCUT2D eigenvalue weighted by molar-refractivity contribution is 5.79. The molecular weight excluding hydrogens is 270 g/mol. The maximum absolute atomic E-state index is 11.9. The summed E-state index contributed by atoms with van der Waals surface area (Å²) < 4.78 is 10.6. The number of hydrogen-bond donors (Lipinski definition) is 0. The number of rotatable bonds is 4. The number of ether oxygens (including phenoxy) is 2. The smallest absolute Gasteiger partial charge is 0.328 e. The Labute approximate surface area is 125 Å². The van der Waals surface area contributed by atoms with Crippen LogP contribution in [-0.2, 0) is 9.53 Å². The van der Waals surface area contributed by atoms with Gasteiger partial charge < -0.3 is 14.4 Å². The number of anilines is 1. The summed E-state index contributed by atoms with van der Waals surface area (Å²) in [5.74, 6) is 0.855. The largest absolute Gasteiger partial charge is 0.475 e. The number of aryl methyl sites for hydroxylation is 1. The number of esters is 1. The molecule has 1 aliphatic rings. The number of nitrogens with zero attached hydrogens (tertiary/aromatic N) is 3. The van der Waals surface area contributed by atoms with E-state index in [0.29, 0.717) is 11.8 Å². The lowest BCUT2D eigenvalue weighted by molar-refractivity contribution is -0.142. The Morgan fingerprint density at radius 1 is 1.38 bits per heavy atom. The zero-order chi connectivity index (χ0) is 15.4. The summed E-state index contributed by atoms with van der Waals surface area (Å²) in [4.78, 5) is 22.8. The van der Waals surface area contributed by atoms with Crippen LogP contribution in [0, 0.1) is 6.92 Å². The quantitative estimate of drug-likeness (QED) is 0.792. The minimum Gasteiger partial charge on any atom is -0.475 e. The van der Waals surface area contributed by atoms with Crippen molar-refractivity contribution in [3.05, 3.63) is 11.8 Å². The Balaban J connectivity index is 2.29. The first kappa shape index (κ1) is 15.5. The second-order valence-electron chi connectivity index (χ2n) is 5.54. The third kappa shape index (κ3) is 3.83. The summed E-state index contributed by atoms with van der Waals surface area (Å²) in [5, 5.41) is 0. The normalized spacial score (nSPS) is 18.7. The van der Waals surface area contributed by atoms with Gasteiger partial charge in [-0.25, -0.2) is 9.78 Å². The van der Waals surface area contributed by atoms with Gasteiger partial charge in [-0.05, 0) is 40.0 Å². The van der Waals surface area contributed by atoms with Gasteiger partial charge in [-0.3, -0.25) is 0 Å². The monoisotopic (exact) mass is 293 g/mol. The van der Waals surface area contributed by atoms with Crippen molar-refractivity contribution in [1.29, 1.82) is 0 Å². The van der Waals surface area contributed by atoms with Crippen LogP contribution in [0.4, 0.5) is 5.95 Å². The number of methoxy groups -OCH3 is 1. The zero-order valence-electron chi connectivity index (χ0n) is 13.1. The van der Waals surface area contributed by atoms with Crippen molar-refractivity contribution in [2.75, 3.05) is 18.6 Å². The maximum atomic E-state index is 11.9. The average molecular weight is 293 g/mol. The minimum absolute atomic E-state index is 0.0462. The van der Waals surface area contributed by atoms with Crippen LogP contribution in [0.5, 0.6) is 5.88 Å². The van der Waals surface area contributed by atoms with E-state index in [-0.39, 0.29) is 18.1 Å². The van der Waals surface area contributed by atoms with Crippen LogP contribution >= 0.6 is 0 Å². The van der Waals surface area contributed by atoms with Gasteiger partial charge in [0.1, 0.15) is 6.04 Å². The van der Waals surface area contributed by atoms with Gasteiger partial charge in [0.15, 0.2) is 0 Å². The molecule has 1 atom stereocenters. The molecule has 6 nitrogen and oxygen atoms in total. The molecule has 0 spiro atoms. The molecule has 6 heteroatoms. The summed E-state index contributed by atoms with van der Waals surface area (Å²) in [5.41, 5.74) is 0.824. The summed E-state index contributed by atoms with van der Waals surface area (Å²) in [6, 6.07) is 1.50. The first-order valence-electron chi connectivity index (χ1n) is 7.38. The van der Waals surface area contributed by atoms with Gasteiger partial charge in [0.05, 0.1) is 13.2 Å². The highest BCUT2D eigenvalue weighted by atomic mass is 16.5. The summed E-state index contributed by atoms with van der Waals surface area (Å²) in [6.45, 7) is 6.56. The van der Waals surface area contributed by atoms with Crippen LogP contribution in [0.25, 0.3) is 0 Å². The van der Waals surface area contributed by atoms with Crippen molar-refractivity contribution in [2.45, 2.75) is 52.2 Å². The number of aromatic nitrogens is 2. The molecule has 0 saturated carbocycles. The lowest BCUT2D eigenvalue weighted by atomic mass is 10.0. The molecule has 1 aliphatic heterocycles. The van der Waals surface area contributed by atoms with Gasteiger partial charge in [-0.15, -0.1) is 0 Å². The molecule has 0 N–H and O–H groups in total. The third-order valence-electron chi connectivity index (χ3n) is 3.41. The number of hydrogen-bond acceptors (Lipinski definition) is 6. The first-order chi connectivity index (χ1) is 10.0. The van der Waals surface area contributed by atoms with Crippen LogP contribution in [0.1, 0.15) is 38.8 Å². The minimum atomic E-state index is -0.308. The van der Waals surface area contributed by atoms with Crippen LogP contribution in [0.3, 0.4) is 0 Å². The molecule has 2 rings (SSSR count). The molecule has 0 radical (unpaired) electrons. The van der Waals surface area contributed by atoms with Crippen molar-refractivity contribution in [3.63, 3.8) is 0 Å². The van der Waals surface area contributed by atoms with Gasteiger partial charge in [0.25, 0.3) is 0 Å². The fourth-order valence-corrected chi connectivity index (χ4v) is 2.51. The molecule has 1 fully saturated rings. The SMILES string of the molecule is COC(=O)C1CCCCN1c1nc(C)cc(OC(C)C)n1. The molecule has 21 heavy (non-hydrogen) atoms. The molecule has 0 aliphatic carbocycles. The van der Waals surface area contributed by atoms with Crippen molar-refractivity contribution in [2.24, 2.45) is 0 Å². The van der Waals surface area contributed by atoms with E-state index in [1.807, 2.05) is 25.7 Å². The van der Waals surface area contributed by atoms with E-state index in [2.05, 4.69) is 9.97 Å². The summed E-state index contributed by atoms with van der Waals surface area (Å²) in [6.07, 6.45) is 2.84. The predicted octanol–water partition coefficient (Wildman–Crippen LogP) is 2.10. The second kappa shape index (κ2) is 6.74. The highest BCUT2D eigenvalue weighted by Gasteiger charge is 2.31. The molecule has 2 heterocycles. The Bertz CT molecular complexity index is 505. The standard InChI is InChI=1S/C15H23N3O3/c1-10(2)21-13-9-11(3)16-15(17-13)18-8-6-5-7-12(18)14(19)20-4/h9-10,12H,5-8H2,1-4H3. The van der Waals surface area contributed by atoms with Gasteiger partial charge in [-0.1, -0.05) is 0 Å². The van der Waals surface area contributed by atoms with Crippen LogP contribution < -0.4 is 9.64 Å². The van der Waals surface area contributed by atoms with E-state index in [9.17, 15) is 4.79 Å².